The molecule has 1 saturated heterocycles. The molecule has 7 nitrogen and oxygen atoms in total. The Morgan fingerprint density at radius 2 is 2.15 bits per heavy atom. The molecule has 2 amide bonds. The highest BCUT2D eigenvalue weighted by atomic mass is 32.2. The molecule has 140 valence electrons. The molecule has 1 fully saturated rings. The van der Waals surface area contributed by atoms with Crippen LogP contribution in [0.25, 0.3) is 0 Å². The van der Waals surface area contributed by atoms with Crippen LogP contribution in [0.2, 0.25) is 0 Å². The first-order chi connectivity index (χ1) is 13.1. The lowest BCUT2D eigenvalue weighted by Crippen LogP contribution is -2.28. The van der Waals surface area contributed by atoms with E-state index >= 15 is 0 Å². The SMILES string of the molecule is CCSc1ccc(NC(=O)C2CC(=O)N(c3ccc4c(c3)OCO4)C2)cn1. The van der Waals surface area contributed by atoms with Gasteiger partial charge >= 0.3 is 0 Å². The van der Waals surface area contributed by atoms with E-state index in [0.717, 1.165) is 10.8 Å². The van der Waals surface area contributed by atoms with Crippen molar-refractivity contribution < 1.29 is 19.1 Å². The van der Waals surface area contributed by atoms with Crippen molar-refractivity contribution in [2.24, 2.45) is 5.92 Å². The summed E-state index contributed by atoms with van der Waals surface area (Å²) in [4.78, 5) is 30.9. The van der Waals surface area contributed by atoms with Crippen molar-refractivity contribution in [3.63, 3.8) is 0 Å². The second-order valence-corrected chi connectivity index (χ2v) is 7.53. The van der Waals surface area contributed by atoms with Gasteiger partial charge in [-0.25, -0.2) is 4.98 Å². The summed E-state index contributed by atoms with van der Waals surface area (Å²) in [7, 11) is 0. The summed E-state index contributed by atoms with van der Waals surface area (Å²) in [6.45, 7) is 2.58. The zero-order chi connectivity index (χ0) is 18.8. The number of hydrogen-bond acceptors (Lipinski definition) is 6. The highest BCUT2D eigenvalue weighted by Crippen LogP contribution is 2.37. The number of benzene rings is 1. The van der Waals surface area contributed by atoms with Crippen LogP contribution < -0.4 is 19.7 Å². The minimum Gasteiger partial charge on any atom is -0.454 e. The average molecular weight is 385 g/mol. The number of rotatable bonds is 5. The van der Waals surface area contributed by atoms with E-state index in [1.807, 2.05) is 12.1 Å². The Labute approximate surface area is 161 Å². The number of nitrogens with zero attached hydrogens (tertiary/aromatic N) is 2. The Bertz CT molecular complexity index is 872. The summed E-state index contributed by atoms with van der Waals surface area (Å²) in [5.74, 6) is 1.55. The van der Waals surface area contributed by atoms with E-state index in [4.69, 9.17) is 9.47 Å². The van der Waals surface area contributed by atoms with Crippen LogP contribution >= 0.6 is 11.8 Å². The third kappa shape index (κ3) is 3.71. The van der Waals surface area contributed by atoms with Crippen molar-refractivity contribution in [1.82, 2.24) is 4.98 Å². The number of anilines is 2. The molecule has 1 N–H and O–H groups in total. The molecule has 0 aliphatic carbocycles. The molecule has 8 heteroatoms. The first-order valence-electron chi connectivity index (χ1n) is 8.74. The lowest BCUT2D eigenvalue weighted by Gasteiger charge is -2.17. The molecular formula is C19H19N3O4S. The molecule has 2 aliphatic rings. The van der Waals surface area contributed by atoms with Crippen molar-refractivity contribution in [3.05, 3.63) is 36.5 Å². The summed E-state index contributed by atoms with van der Waals surface area (Å²) < 4.78 is 10.7. The normalized spacial score (nSPS) is 18.0. The van der Waals surface area contributed by atoms with Crippen LogP contribution in [0, 0.1) is 5.92 Å². The van der Waals surface area contributed by atoms with Crippen LogP contribution in [0.15, 0.2) is 41.6 Å². The topological polar surface area (TPSA) is 80.8 Å². The zero-order valence-electron chi connectivity index (χ0n) is 14.8. The van der Waals surface area contributed by atoms with Crippen LogP contribution in [0.5, 0.6) is 11.5 Å². The number of thioether (sulfide) groups is 1. The van der Waals surface area contributed by atoms with Crippen LogP contribution in [0.4, 0.5) is 11.4 Å². The summed E-state index contributed by atoms with van der Waals surface area (Å²) in [5.41, 5.74) is 1.34. The van der Waals surface area contributed by atoms with Crippen molar-refractivity contribution in [2.45, 2.75) is 18.4 Å². The Morgan fingerprint density at radius 3 is 2.93 bits per heavy atom. The van der Waals surface area contributed by atoms with Crippen molar-refractivity contribution in [1.29, 1.82) is 0 Å². The minimum atomic E-state index is -0.410. The van der Waals surface area contributed by atoms with Gasteiger partial charge in [-0.05, 0) is 30.0 Å². The molecule has 1 unspecified atom stereocenters. The molecule has 0 spiro atoms. The fraction of sp³-hybridized carbons (Fsp3) is 0.316. The number of carbonyl (C=O) groups excluding carboxylic acids is 2. The first-order valence-corrected chi connectivity index (χ1v) is 9.72. The van der Waals surface area contributed by atoms with Gasteiger partial charge in [-0.1, -0.05) is 6.92 Å². The summed E-state index contributed by atoms with van der Waals surface area (Å²) >= 11 is 1.64. The number of ether oxygens (including phenoxy) is 2. The van der Waals surface area contributed by atoms with Crippen molar-refractivity contribution in [3.8, 4) is 11.5 Å². The van der Waals surface area contributed by atoms with Crippen molar-refractivity contribution >= 4 is 35.0 Å². The monoisotopic (exact) mass is 385 g/mol. The predicted molar refractivity (Wildman–Crippen MR) is 102 cm³/mol. The van der Waals surface area contributed by atoms with Gasteiger partial charge in [0.1, 0.15) is 0 Å². The predicted octanol–water partition coefficient (Wildman–Crippen LogP) is 2.91. The van der Waals surface area contributed by atoms with Gasteiger partial charge in [-0.15, -0.1) is 11.8 Å². The number of amides is 2. The second-order valence-electron chi connectivity index (χ2n) is 6.25. The second kappa shape index (κ2) is 7.48. The van der Waals surface area contributed by atoms with Crippen LogP contribution in [0.3, 0.4) is 0 Å². The molecule has 2 aliphatic heterocycles. The van der Waals surface area contributed by atoms with E-state index in [1.165, 1.54) is 0 Å². The highest BCUT2D eigenvalue weighted by Gasteiger charge is 2.35. The quantitative estimate of drug-likeness (QED) is 0.797. The van der Waals surface area contributed by atoms with Crippen LogP contribution in [-0.2, 0) is 9.59 Å². The molecule has 1 atom stereocenters. The molecule has 0 bridgehead atoms. The average Bonchev–Trinajstić information content (AvgIpc) is 3.29. The van der Waals surface area contributed by atoms with E-state index in [9.17, 15) is 9.59 Å². The summed E-state index contributed by atoms with van der Waals surface area (Å²) in [6, 6.07) is 9.06. The first kappa shape index (κ1) is 17.7. The van der Waals surface area contributed by atoms with Gasteiger partial charge in [-0.3, -0.25) is 9.59 Å². The van der Waals surface area contributed by atoms with Gasteiger partial charge in [0, 0.05) is 24.7 Å². The highest BCUT2D eigenvalue weighted by molar-refractivity contribution is 7.99. The summed E-state index contributed by atoms with van der Waals surface area (Å²) in [6.07, 6.45) is 1.82. The van der Waals surface area contributed by atoms with Crippen molar-refractivity contribution in [2.75, 3.05) is 29.3 Å². The number of fused-ring (bicyclic) bond motifs is 1. The van der Waals surface area contributed by atoms with Gasteiger partial charge < -0.3 is 19.7 Å². The standard InChI is InChI=1S/C19H19N3O4S/c1-2-27-17-6-3-13(9-20-17)21-19(24)12-7-18(23)22(10-12)14-4-5-15-16(8-14)26-11-25-15/h3-6,8-9,12H,2,7,10-11H2,1H3,(H,21,24). The maximum Gasteiger partial charge on any atom is 0.231 e. The van der Waals surface area contributed by atoms with E-state index in [2.05, 4.69) is 17.2 Å². The number of nitrogens with one attached hydrogen (secondary N) is 1. The van der Waals surface area contributed by atoms with Crippen LogP contribution in [0.1, 0.15) is 13.3 Å². The van der Waals surface area contributed by atoms with E-state index in [0.29, 0.717) is 29.4 Å². The van der Waals surface area contributed by atoms with E-state index < -0.39 is 5.92 Å². The van der Waals surface area contributed by atoms with E-state index in [-0.39, 0.29) is 25.0 Å². The number of hydrogen-bond donors (Lipinski definition) is 1. The molecule has 0 saturated carbocycles. The molecule has 2 aromatic rings. The third-order valence-electron chi connectivity index (χ3n) is 4.46. The number of carbonyl (C=O) groups is 2. The number of aromatic nitrogens is 1. The maximum absolute atomic E-state index is 12.6. The molecule has 0 radical (unpaired) electrons. The largest absolute Gasteiger partial charge is 0.454 e. The Hall–Kier alpha value is -2.74. The molecule has 1 aromatic carbocycles. The minimum absolute atomic E-state index is 0.0816. The third-order valence-corrected chi connectivity index (χ3v) is 5.29. The maximum atomic E-state index is 12.6. The molecule has 3 heterocycles. The van der Waals surface area contributed by atoms with Gasteiger partial charge in [0.15, 0.2) is 11.5 Å². The fourth-order valence-corrected chi connectivity index (χ4v) is 3.70. The lowest BCUT2D eigenvalue weighted by atomic mass is 10.1. The smallest absolute Gasteiger partial charge is 0.231 e. The molecular weight excluding hydrogens is 366 g/mol. The Balaban J connectivity index is 1.41. The fourth-order valence-electron chi connectivity index (χ4n) is 3.12. The Morgan fingerprint density at radius 1 is 1.30 bits per heavy atom. The van der Waals surface area contributed by atoms with Gasteiger partial charge in [0.2, 0.25) is 18.6 Å². The molecule has 1 aromatic heterocycles. The van der Waals surface area contributed by atoms with Crippen LogP contribution in [-0.4, -0.2) is 35.9 Å². The Kier molecular flexibility index (Phi) is 4.89. The molecule has 27 heavy (non-hydrogen) atoms. The summed E-state index contributed by atoms with van der Waals surface area (Å²) in [5, 5.41) is 3.77. The van der Waals surface area contributed by atoms with Gasteiger partial charge in [0.05, 0.1) is 22.8 Å². The lowest BCUT2D eigenvalue weighted by molar-refractivity contribution is -0.122. The number of pyridine rings is 1. The zero-order valence-corrected chi connectivity index (χ0v) is 15.6. The van der Waals surface area contributed by atoms with E-state index in [1.54, 1.807) is 41.1 Å². The molecule has 4 rings (SSSR count). The van der Waals surface area contributed by atoms with Gasteiger partial charge in [-0.2, -0.15) is 0 Å². The van der Waals surface area contributed by atoms with Gasteiger partial charge in [0.25, 0.3) is 0 Å².